The van der Waals surface area contributed by atoms with Gasteiger partial charge in [-0.25, -0.2) is 0 Å². The molecular weight excluding hydrogens is 713 g/mol. The Labute approximate surface area is 349 Å². The number of benzene rings is 8. The molecular formula is C56H48BNO. The molecule has 2 aliphatic heterocycles. The number of hydrogen-bond acceptors (Lipinski definition) is 2. The Morgan fingerprint density at radius 3 is 1.56 bits per heavy atom. The van der Waals surface area contributed by atoms with Crippen LogP contribution in [0.5, 0.6) is 11.5 Å². The van der Waals surface area contributed by atoms with Gasteiger partial charge >= 0.3 is 0 Å². The molecule has 0 atom stereocenters. The Bertz CT molecular complexity index is 2750. The van der Waals surface area contributed by atoms with Crippen LogP contribution in [0, 0.1) is 0 Å². The maximum Gasteiger partial charge on any atom is 0.256 e. The van der Waals surface area contributed by atoms with Crippen LogP contribution >= 0.6 is 0 Å². The second-order valence-electron chi connectivity index (χ2n) is 17.2. The predicted molar refractivity (Wildman–Crippen MR) is 251 cm³/mol. The molecule has 59 heavy (non-hydrogen) atoms. The van der Waals surface area contributed by atoms with Crippen molar-refractivity contribution in [2.45, 2.75) is 52.4 Å². The van der Waals surface area contributed by atoms with Gasteiger partial charge < -0.3 is 9.64 Å². The van der Waals surface area contributed by atoms with Gasteiger partial charge in [0.1, 0.15) is 11.5 Å². The van der Waals surface area contributed by atoms with Crippen molar-refractivity contribution in [3.05, 3.63) is 193 Å². The smallest absolute Gasteiger partial charge is 0.256 e. The van der Waals surface area contributed by atoms with E-state index in [4.69, 9.17) is 4.74 Å². The summed E-state index contributed by atoms with van der Waals surface area (Å²) in [7, 11) is 0. The zero-order valence-electron chi connectivity index (χ0n) is 34.4. The fourth-order valence-corrected chi connectivity index (χ4v) is 9.18. The molecule has 2 nitrogen and oxygen atoms in total. The Morgan fingerprint density at radius 1 is 0.492 bits per heavy atom. The van der Waals surface area contributed by atoms with E-state index >= 15 is 0 Å². The van der Waals surface area contributed by atoms with Gasteiger partial charge in [0.15, 0.2) is 0 Å². The number of hydrogen-bond donors (Lipinski definition) is 0. The standard InChI is InChI=1S/C56H48BNO/c1-5-6-19-38-32-51-54-53(33-38)59-52-31-29-44(40-22-13-8-14-23-40)35-49(52)57(54)48-34-43(39-20-11-7-12-21-39)28-30-50(48)58(51)55-46(41-24-15-9-16-25-41)36-45(56(2,3)4)37-47(55)42-26-17-10-18-27-42/h7-18,20-37H,5-6,19H2,1-4H3. The minimum absolute atomic E-state index is 0.0447. The first-order valence-corrected chi connectivity index (χ1v) is 21.2. The molecule has 8 aromatic rings. The molecule has 3 heteroatoms. The molecule has 0 amide bonds. The molecule has 10 rings (SSSR count). The van der Waals surface area contributed by atoms with Crippen molar-refractivity contribution in [2.75, 3.05) is 4.90 Å². The van der Waals surface area contributed by atoms with Crippen molar-refractivity contribution in [2.24, 2.45) is 0 Å². The van der Waals surface area contributed by atoms with Gasteiger partial charge in [-0.3, -0.25) is 0 Å². The number of fused-ring (bicyclic) bond motifs is 4. The summed E-state index contributed by atoms with van der Waals surface area (Å²) in [4.78, 5) is 2.60. The zero-order valence-corrected chi connectivity index (χ0v) is 34.4. The molecule has 0 saturated heterocycles. The van der Waals surface area contributed by atoms with Crippen LogP contribution in [0.3, 0.4) is 0 Å². The minimum Gasteiger partial charge on any atom is -0.458 e. The fraction of sp³-hybridized carbons (Fsp3) is 0.143. The summed E-state index contributed by atoms with van der Waals surface area (Å²) >= 11 is 0. The van der Waals surface area contributed by atoms with Crippen LogP contribution in [0.1, 0.15) is 51.7 Å². The largest absolute Gasteiger partial charge is 0.458 e. The molecule has 0 spiro atoms. The van der Waals surface area contributed by atoms with Crippen molar-refractivity contribution in [1.29, 1.82) is 0 Å². The third-order valence-corrected chi connectivity index (χ3v) is 12.2. The van der Waals surface area contributed by atoms with Gasteiger partial charge in [0.25, 0.3) is 6.71 Å². The summed E-state index contributed by atoms with van der Waals surface area (Å²) in [5.41, 5.74) is 19.4. The molecule has 0 fully saturated rings. The van der Waals surface area contributed by atoms with E-state index in [1.807, 2.05) is 0 Å². The predicted octanol–water partition coefficient (Wildman–Crippen LogP) is 13.4. The highest BCUT2D eigenvalue weighted by atomic mass is 16.5. The lowest BCUT2D eigenvalue weighted by Gasteiger charge is -2.42. The van der Waals surface area contributed by atoms with Crippen LogP contribution in [0.25, 0.3) is 44.5 Å². The van der Waals surface area contributed by atoms with Crippen molar-refractivity contribution < 1.29 is 4.74 Å². The van der Waals surface area contributed by atoms with Gasteiger partial charge in [-0.15, -0.1) is 0 Å². The summed E-state index contributed by atoms with van der Waals surface area (Å²) in [6, 6.07) is 67.2. The van der Waals surface area contributed by atoms with E-state index in [1.54, 1.807) is 0 Å². The first kappa shape index (κ1) is 36.7. The van der Waals surface area contributed by atoms with Crippen LogP contribution in [0.15, 0.2) is 182 Å². The van der Waals surface area contributed by atoms with E-state index in [-0.39, 0.29) is 12.1 Å². The van der Waals surface area contributed by atoms with E-state index < -0.39 is 0 Å². The van der Waals surface area contributed by atoms with Crippen molar-refractivity contribution in [3.8, 4) is 56.0 Å². The van der Waals surface area contributed by atoms with Gasteiger partial charge in [-0.1, -0.05) is 180 Å². The third-order valence-electron chi connectivity index (χ3n) is 12.2. The van der Waals surface area contributed by atoms with Crippen LogP contribution < -0.4 is 26.0 Å². The maximum atomic E-state index is 7.12. The Morgan fingerprint density at radius 2 is 1.02 bits per heavy atom. The summed E-state index contributed by atoms with van der Waals surface area (Å²) in [5.74, 6) is 1.88. The fourth-order valence-electron chi connectivity index (χ4n) is 9.18. The first-order valence-electron chi connectivity index (χ1n) is 21.2. The number of anilines is 3. The SMILES string of the molecule is CCCCc1cc2c3c(c1)N(c1c(-c4ccccc4)cc(C(C)(C)C)cc1-c1ccccc1)c1ccc(-c4ccccc4)cc1B3c1cc(-c3ccccc3)ccc1O2. The Balaban J connectivity index is 1.33. The number of rotatable bonds is 8. The van der Waals surface area contributed by atoms with Crippen molar-refractivity contribution >= 4 is 40.2 Å². The Kier molecular flexibility index (Phi) is 9.33. The molecule has 0 aromatic heterocycles. The lowest BCUT2D eigenvalue weighted by atomic mass is 9.34. The van der Waals surface area contributed by atoms with E-state index in [1.165, 1.54) is 89.1 Å². The average Bonchev–Trinajstić information content (AvgIpc) is 3.28. The lowest BCUT2D eigenvalue weighted by molar-refractivity contribution is 0.486. The zero-order chi connectivity index (χ0) is 40.1. The lowest BCUT2D eigenvalue weighted by Crippen LogP contribution is -2.59. The molecule has 0 bridgehead atoms. The van der Waals surface area contributed by atoms with Gasteiger partial charge in [0, 0.05) is 22.5 Å². The van der Waals surface area contributed by atoms with E-state index in [2.05, 4.69) is 215 Å². The molecule has 2 aliphatic rings. The minimum atomic E-state index is -0.0751. The van der Waals surface area contributed by atoms with Crippen molar-refractivity contribution in [3.63, 3.8) is 0 Å². The van der Waals surface area contributed by atoms with Crippen LogP contribution in [-0.4, -0.2) is 6.71 Å². The average molecular weight is 762 g/mol. The highest BCUT2D eigenvalue weighted by Gasteiger charge is 2.43. The molecule has 286 valence electrons. The Hall–Kier alpha value is -6.58. The van der Waals surface area contributed by atoms with Gasteiger partial charge in [0.2, 0.25) is 0 Å². The number of ether oxygens (including phenoxy) is 1. The summed E-state index contributed by atoms with van der Waals surface area (Å²) in [5, 5.41) is 0. The van der Waals surface area contributed by atoms with E-state index in [0.717, 1.165) is 30.8 Å². The molecule has 0 saturated carbocycles. The molecule has 2 heterocycles. The van der Waals surface area contributed by atoms with Crippen LogP contribution in [0.2, 0.25) is 0 Å². The van der Waals surface area contributed by atoms with Gasteiger partial charge in [-0.2, -0.15) is 0 Å². The monoisotopic (exact) mass is 761 g/mol. The molecule has 0 radical (unpaired) electrons. The van der Waals surface area contributed by atoms with E-state index in [9.17, 15) is 0 Å². The number of unbranched alkanes of at least 4 members (excludes halogenated alkanes) is 1. The quantitative estimate of drug-likeness (QED) is 0.143. The van der Waals surface area contributed by atoms with Crippen molar-refractivity contribution in [1.82, 2.24) is 0 Å². The number of aryl methyl sites for hydroxylation is 1. The van der Waals surface area contributed by atoms with Gasteiger partial charge in [0.05, 0.1) is 5.69 Å². The highest BCUT2D eigenvalue weighted by molar-refractivity contribution is 6.99. The normalized spacial score (nSPS) is 12.7. The molecule has 0 N–H and O–H groups in total. The third kappa shape index (κ3) is 6.65. The first-order chi connectivity index (χ1) is 28.9. The second kappa shape index (κ2) is 15.0. The van der Waals surface area contributed by atoms with Gasteiger partial charge in [-0.05, 0) is 116 Å². The molecule has 0 aliphatic carbocycles. The molecule has 8 aromatic carbocycles. The topological polar surface area (TPSA) is 12.5 Å². The number of nitrogens with zero attached hydrogens (tertiary/aromatic N) is 1. The maximum absolute atomic E-state index is 7.12. The van der Waals surface area contributed by atoms with E-state index in [0.29, 0.717) is 0 Å². The van der Waals surface area contributed by atoms with Crippen LogP contribution in [-0.2, 0) is 11.8 Å². The second-order valence-corrected chi connectivity index (χ2v) is 17.2. The molecule has 0 unspecified atom stereocenters. The van der Waals surface area contributed by atoms with Crippen LogP contribution in [0.4, 0.5) is 17.1 Å². The summed E-state index contributed by atoms with van der Waals surface area (Å²) < 4.78 is 7.12. The summed E-state index contributed by atoms with van der Waals surface area (Å²) in [6.07, 6.45) is 3.22. The summed E-state index contributed by atoms with van der Waals surface area (Å²) in [6.45, 7) is 9.20. The highest BCUT2D eigenvalue weighted by Crippen LogP contribution is 2.51.